The van der Waals surface area contributed by atoms with E-state index in [1.54, 1.807) is 0 Å². The molecule has 0 amide bonds. The maximum absolute atomic E-state index is 10.7. The van der Waals surface area contributed by atoms with Crippen LogP contribution in [-0.2, 0) is 19.2 Å². The molecule has 8 heteroatoms. The molecule has 1 fully saturated rings. The van der Waals surface area contributed by atoms with E-state index in [1.807, 2.05) is 0 Å². The van der Waals surface area contributed by atoms with Crippen LogP contribution in [0.25, 0.3) is 0 Å². The Balaban J connectivity index is 3.06. The lowest BCUT2D eigenvalue weighted by molar-refractivity contribution is -0.340. The summed E-state index contributed by atoms with van der Waals surface area (Å²) < 4.78 is 0. The molecule has 0 unspecified atom stereocenters. The lowest BCUT2D eigenvalue weighted by Gasteiger charge is -2.43. The van der Waals surface area contributed by atoms with Crippen molar-refractivity contribution in [2.24, 2.45) is 23.7 Å². The molecule has 1 aliphatic carbocycles. The van der Waals surface area contributed by atoms with Crippen molar-refractivity contribution in [3.8, 4) is 0 Å². The SMILES string of the molecule is O=C([O-])[C@H]1C[C@@H](C(=O)[O-])[C@@H](C(=O)[O-])C[C@H]1C(=O)[O-]. The first-order valence-corrected chi connectivity index (χ1v) is 5.09. The third-order valence-corrected chi connectivity index (χ3v) is 3.20. The van der Waals surface area contributed by atoms with Crippen molar-refractivity contribution in [1.82, 2.24) is 0 Å². The van der Waals surface area contributed by atoms with Crippen LogP contribution in [0.3, 0.4) is 0 Å². The lowest BCUT2D eigenvalue weighted by Crippen LogP contribution is -2.55. The summed E-state index contributed by atoms with van der Waals surface area (Å²) in [5, 5.41) is 42.9. The third kappa shape index (κ3) is 2.58. The first-order valence-electron chi connectivity index (χ1n) is 5.09. The molecule has 8 nitrogen and oxygen atoms in total. The maximum Gasteiger partial charge on any atom is 0.0452 e. The highest BCUT2D eigenvalue weighted by atomic mass is 16.4. The zero-order chi connectivity index (χ0) is 14.0. The summed E-state index contributed by atoms with van der Waals surface area (Å²) >= 11 is 0. The predicted octanol–water partition coefficient (Wildman–Crippen LogP) is -5.76. The summed E-state index contributed by atoms with van der Waals surface area (Å²) in [6.07, 6.45) is -1.38. The van der Waals surface area contributed by atoms with Gasteiger partial charge in [0.25, 0.3) is 0 Å². The van der Waals surface area contributed by atoms with Gasteiger partial charge in [-0.2, -0.15) is 0 Å². The molecule has 0 N–H and O–H groups in total. The average Bonchev–Trinajstić information content (AvgIpc) is 2.26. The molecule has 0 aliphatic heterocycles. The monoisotopic (exact) mass is 256 g/mol. The van der Waals surface area contributed by atoms with Gasteiger partial charge in [0.15, 0.2) is 0 Å². The van der Waals surface area contributed by atoms with Crippen molar-refractivity contribution in [1.29, 1.82) is 0 Å². The second-order valence-electron chi connectivity index (χ2n) is 4.17. The van der Waals surface area contributed by atoms with Gasteiger partial charge in [-0.3, -0.25) is 0 Å². The molecule has 0 saturated heterocycles. The van der Waals surface area contributed by atoms with E-state index >= 15 is 0 Å². The van der Waals surface area contributed by atoms with Gasteiger partial charge in [-0.15, -0.1) is 0 Å². The molecule has 0 aromatic rings. The normalized spacial score (nSPS) is 31.6. The molecular formula is C10H8O8-4. The summed E-state index contributed by atoms with van der Waals surface area (Å²) in [5.41, 5.74) is 0. The van der Waals surface area contributed by atoms with Crippen LogP contribution in [0.1, 0.15) is 12.8 Å². The van der Waals surface area contributed by atoms with Crippen LogP contribution in [0.5, 0.6) is 0 Å². The van der Waals surface area contributed by atoms with E-state index in [2.05, 4.69) is 0 Å². The van der Waals surface area contributed by atoms with Gasteiger partial charge in [-0.05, 0) is 12.8 Å². The maximum atomic E-state index is 10.7. The fourth-order valence-electron chi connectivity index (χ4n) is 2.25. The number of carbonyl (C=O) groups is 4. The van der Waals surface area contributed by atoms with Gasteiger partial charge in [0, 0.05) is 47.5 Å². The summed E-state index contributed by atoms with van der Waals surface area (Å²) in [4.78, 5) is 42.9. The molecule has 0 bridgehead atoms. The number of hydrogen-bond acceptors (Lipinski definition) is 8. The van der Waals surface area contributed by atoms with Crippen molar-refractivity contribution in [2.75, 3.05) is 0 Å². The van der Waals surface area contributed by atoms with Crippen molar-refractivity contribution < 1.29 is 39.6 Å². The molecule has 100 valence electrons. The molecule has 18 heavy (non-hydrogen) atoms. The Morgan fingerprint density at radius 3 is 0.833 bits per heavy atom. The molecule has 0 aromatic heterocycles. The number of carbonyl (C=O) groups excluding carboxylic acids is 4. The zero-order valence-electron chi connectivity index (χ0n) is 8.99. The standard InChI is InChI=1S/C10H12O8/c11-7(12)3-1-4(8(13)14)6(10(17)18)2-5(3)9(15)16/h3-6H,1-2H2,(H,11,12)(H,13,14)(H,15,16)(H,17,18)/p-4/t3-,4+,5+,6-. The first-order chi connectivity index (χ1) is 8.25. The second kappa shape index (κ2) is 5.03. The minimum absolute atomic E-state index is 0.692. The fraction of sp³-hybridized carbons (Fsp3) is 0.600. The summed E-state index contributed by atoms with van der Waals surface area (Å²) in [6.45, 7) is 0. The first kappa shape index (κ1) is 13.9. The Bertz CT molecular complexity index is 327. The van der Waals surface area contributed by atoms with E-state index in [1.165, 1.54) is 0 Å². The van der Waals surface area contributed by atoms with E-state index in [9.17, 15) is 39.6 Å². The Hall–Kier alpha value is -2.12. The van der Waals surface area contributed by atoms with Crippen molar-refractivity contribution in [2.45, 2.75) is 12.8 Å². The van der Waals surface area contributed by atoms with Gasteiger partial charge in [-0.1, -0.05) is 0 Å². The highest BCUT2D eigenvalue weighted by Crippen LogP contribution is 2.37. The summed E-state index contributed by atoms with van der Waals surface area (Å²) in [5.74, 6) is -13.5. The van der Waals surface area contributed by atoms with Crippen LogP contribution in [0, 0.1) is 23.7 Å². The van der Waals surface area contributed by atoms with Crippen LogP contribution in [-0.4, -0.2) is 23.9 Å². The number of hydrogen-bond donors (Lipinski definition) is 0. The van der Waals surface area contributed by atoms with Crippen LogP contribution in [0.4, 0.5) is 0 Å². The number of rotatable bonds is 4. The highest BCUT2D eigenvalue weighted by Gasteiger charge is 2.39. The zero-order valence-corrected chi connectivity index (χ0v) is 8.99. The Morgan fingerprint density at radius 1 is 0.556 bits per heavy atom. The minimum atomic E-state index is -1.76. The second-order valence-corrected chi connectivity index (χ2v) is 4.17. The molecule has 0 heterocycles. The van der Waals surface area contributed by atoms with Gasteiger partial charge in [0.05, 0.1) is 0 Å². The fourth-order valence-corrected chi connectivity index (χ4v) is 2.25. The minimum Gasteiger partial charge on any atom is -0.550 e. The summed E-state index contributed by atoms with van der Waals surface area (Å²) in [7, 11) is 0. The van der Waals surface area contributed by atoms with Gasteiger partial charge in [0.2, 0.25) is 0 Å². The lowest BCUT2D eigenvalue weighted by atomic mass is 9.68. The van der Waals surface area contributed by atoms with Gasteiger partial charge in [0.1, 0.15) is 0 Å². The van der Waals surface area contributed by atoms with Crippen LogP contribution >= 0.6 is 0 Å². The van der Waals surface area contributed by atoms with Crippen molar-refractivity contribution >= 4 is 23.9 Å². The van der Waals surface area contributed by atoms with Crippen molar-refractivity contribution in [3.63, 3.8) is 0 Å². The number of carboxylic acids is 4. The topological polar surface area (TPSA) is 161 Å². The van der Waals surface area contributed by atoms with E-state index in [0.29, 0.717) is 0 Å². The van der Waals surface area contributed by atoms with E-state index < -0.39 is 60.4 Å². The molecule has 0 radical (unpaired) electrons. The van der Waals surface area contributed by atoms with Crippen LogP contribution in [0.15, 0.2) is 0 Å². The van der Waals surface area contributed by atoms with Gasteiger partial charge < -0.3 is 39.6 Å². The molecule has 1 saturated carbocycles. The highest BCUT2D eigenvalue weighted by molar-refractivity contribution is 5.83. The molecule has 1 aliphatic rings. The molecular weight excluding hydrogens is 248 g/mol. The van der Waals surface area contributed by atoms with Crippen LogP contribution in [0.2, 0.25) is 0 Å². The quantitative estimate of drug-likeness (QED) is 0.480. The van der Waals surface area contributed by atoms with Gasteiger partial charge in [-0.25, -0.2) is 0 Å². The van der Waals surface area contributed by atoms with E-state index in [-0.39, 0.29) is 0 Å². The average molecular weight is 256 g/mol. The molecule has 1 rings (SSSR count). The van der Waals surface area contributed by atoms with Crippen LogP contribution < -0.4 is 20.4 Å². The summed E-state index contributed by atoms with van der Waals surface area (Å²) in [6, 6.07) is 0. The molecule has 4 atom stereocenters. The third-order valence-electron chi connectivity index (χ3n) is 3.20. The van der Waals surface area contributed by atoms with E-state index in [0.717, 1.165) is 0 Å². The Kier molecular flexibility index (Phi) is 3.89. The van der Waals surface area contributed by atoms with Crippen molar-refractivity contribution in [3.05, 3.63) is 0 Å². The van der Waals surface area contributed by atoms with E-state index in [4.69, 9.17) is 0 Å². The number of carboxylic acid groups (broad SMARTS) is 4. The van der Waals surface area contributed by atoms with Gasteiger partial charge >= 0.3 is 0 Å². The predicted molar refractivity (Wildman–Crippen MR) is 43.2 cm³/mol. The molecule has 0 spiro atoms. The molecule has 0 aromatic carbocycles. The Labute approximate surface area is 101 Å². The number of aliphatic carboxylic acids is 4. The Morgan fingerprint density at radius 2 is 0.722 bits per heavy atom. The smallest absolute Gasteiger partial charge is 0.0452 e. The largest absolute Gasteiger partial charge is 0.550 e.